The molecule has 13 heavy (non-hydrogen) atoms. The molecular weight excluding hydrogens is 230 g/mol. The summed E-state index contributed by atoms with van der Waals surface area (Å²) in [5, 5.41) is 1.35. The second-order valence-corrected chi connectivity index (χ2v) is 3.28. The van der Waals surface area contributed by atoms with Gasteiger partial charge in [-0.2, -0.15) is 0 Å². The molecule has 0 aliphatic heterocycles. The molecule has 0 amide bonds. The molecule has 1 aromatic carbocycles. The average molecular weight is 242 g/mol. The molecule has 3 N–H and O–H groups in total. The van der Waals surface area contributed by atoms with Crippen LogP contribution in [0.1, 0.15) is 5.56 Å². The van der Waals surface area contributed by atoms with Crippen molar-refractivity contribution in [1.29, 1.82) is 0 Å². The molecule has 0 saturated heterocycles. The zero-order chi connectivity index (χ0) is 8.97. The molecule has 0 unspecified atom stereocenters. The highest BCUT2D eigenvalue weighted by molar-refractivity contribution is 6.35. The van der Waals surface area contributed by atoms with Crippen LogP contribution in [0.5, 0.6) is 0 Å². The Kier molecular flexibility index (Phi) is 6.47. The van der Waals surface area contributed by atoms with Crippen LogP contribution in [0.2, 0.25) is 10.0 Å². The molecule has 5 heteroatoms. The van der Waals surface area contributed by atoms with Gasteiger partial charge in [0.1, 0.15) is 0 Å². The maximum atomic E-state index is 5.91. The van der Waals surface area contributed by atoms with Crippen molar-refractivity contribution in [1.82, 2.24) is 5.43 Å². The summed E-state index contributed by atoms with van der Waals surface area (Å²) in [6.07, 6.45) is 0.812. The van der Waals surface area contributed by atoms with Crippen molar-refractivity contribution in [2.45, 2.75) is 6.42 Å². The maximum Gasteiger partial charge on any atom is 0.0453 e. The lowest BCUT2D eigenvalue weighted by atomic mass is 10.1. The monoisotopic (exact) mass is 240 g/mol. The molecule has 0 spiro atoms. The Hall–Kier alpha value is 0.01000. The van der Waals surface area contributed by atoms with E-state index in [0.29, 0.717) is 16.6 Å². The van der Waals surface area contributed by atoms with Crippen LogP contribution in [0.4, 0.5) is 0 Å². The quantitative estimate of drug-likeness (QED) is 0.630. The third kappa shape index (κ3) is 4.16. The minimum absolute atomic E-state index is 0. The van der Waals surface area contributed by atoms with Crippen LogP contribution in [-0.2, 0) is 6.42 Å². The molecule has 0 heterocycles. The largest absolute Gasteiger partial charge is 0.271 e. The summed E-state index contributed by atoms with van der Waals surface area (Å²) in [5.74, 6) is 5.14. The van der Waals surface area contributed by atoms with Crippen molar-refractivity contribution < 1.29 is 0 Å². The van der Waals surface area contributed by atoms with E-state index in [2.05, 4.69) is 5.43 Å². The Morgan fingerprint density at radius 1 is 1.31 bits per heavy atom. The minimum Gasteiger partial charge on any atom is -0.271 e. The molecule has 0 aromatic heterocycles. The first-order valence-corrected chi connectivity index (χ1v) is 4.37. The first kappa shape index (κ1) is 13.0. The van der Waals surface area contributed by atoms with Gasteiger partial charge >= 0.3 is 0 Å². The SMILES string of the molecule is Cl.NNCCc1ccc(Cl)cc1Cl. The van der Waals surface area contributed by atoms with Gasteiger partial charge in [0.05, 0.1) is 0 Å². The first-order chi connectivity index (χ1) is 5.74. The van der Waals surface area contributed by atoms with Gasteiger partial charge in [-0.05, 0) is 24.1 Å². The van der Waals surface area contributed by atoms with E-state index in [1.807, 2.05) is 12.1 Å². The number of nitrogens with two attached hydrogens (primary N) is 1. The highest BCUT2D eigenvalue weighted by Gasteiger charge is 1.99. The zero-order valence-electron chi connectivity index (χ0n) is 6.89. The van der Waals surface area contributed by atoms with Gasteiger partial charge in [0, 0.05) is 16.6 Å². The van der Waals surface area contributed by atoms with Gasteiger partial charge in [-0.3, -0.25) is 11.3 Å². The summed E-state index contributed by atoms with van der Waals surface area (Å²) in [4.78, 5) is 0. The van der Waals surface area contributed by atoms with Crippen molar-refractivity contribution in [2.75, 3.05) is 6.54 Å². The highest BCUT2D eigenvalue weighted by Crippen LogP contribution is 2.20. The van der Waals surface area contributed by atoms with E-state index in [1.54, 1.807) is 6.07 Å². The van der Waals surface area contributed by atoms with E-state index in [9.17, 15) is 0 Å². The van der Waals surface area contributed by atoms with Gasteiger partial charge in [-0.1, -0.05) is 29.3 Å². The molecule has 0 bridgehead atoms. The molecule has 0 radical (unpaired) electrons. The predicted molar refractivity (Wildman–Crippen MR) is 59.6 cm³/mol. The smallest absolute Gasteiger partial charge is 0.0453 e. The molecular formula is C8H11Cl3N2. The Labute approximate surface area is 93.8 Å². The molecule has 0 aliphatic rings. The van der Waals surface area contributed by atoms with Crippen molar-refractivity contribution in [3.05, 3.63) is 33.8 Å². The number of halogens is 3. The van der Waals surface area contributed by atoms with E-state index in [-0.39, 0.29) is 12.4 Å². The molecule has 74 valence electrons. The van der Waals surface area contributed by atoms with Crippen molar-refractivity contribution in [2.24, 2.45) is 5.84 Å². The lowest BCUT2D eigenvalue weighted by molar-refractivity contribution is 0.728. The van der Waals surface area contributed by atoms with Crippen LogP contribution in [-0.4, -0.2) is 6.54 Å². The topological polar surface area (TPSA) is 38.0 Å². The van der Waals surface area contributed by atoms with Crippen LogP contribution in [0.3, 0.4) is 0 Å². The molecule has 1 rings (SSSR count). The lowest BCUT2D eigenvalue weighted by Gasteiger charge is -2.03. The first-order valence-electron chi connectivity index (χ1n) is 3.61. The number of hydrazine groups is 1. The Morgan fingerprint density at radius 3 is 2.54 bits per heavy atom. The summed E-state index contributed by atoms with van der Waals surface area (Å²) in [5.41, 5.74) is 3.62. The Morgan fingerprint density at radius 2 is 2.00 bits per heavy atom. The van der Waals surface area contributed by atoms with E-state index < -0.39 is 0 Å². The third-order valence-corrected chi connectivity index (χ3v) is 2.14. The summed E-state index contributed by atoms with van der Waals surface area (Å²) < 4.78 is 0. The number of hydrogen-bond acceptors (Lipinski definition) is 2. The second-order valence-electron chi connectivity index (χ2n) is 2.44. The summed E-state index contributed by atoms with van der Waals surface area (Å²) >= 11 is 11.6. The molecule has 0 aliphatic carbocycles. The fourth-order valence-electron chi connectivity index (χ4n) is 0.931. The standard InChI is InChI=1S/C8H10Cl2N2.ClH/c9-7-2-1-6(3-4-12-11)8(10)5-7;/h1-2,5,12H,3-4,11H2;1H. The Bertz CT molecular complexity index is 266. The van der Waals surface area contributed by atoms with Crippen LogP contribution >= 0.6 is 35.6 Å². The minimum atomic E-state index is 0. The fourth-order valence-corrected chi connectivity index (χ4v) is 1.43. The van der Waals surface area contributed by atoms with Gasteiger partial charge in [-0.15, -0.1) is 12.4 Å². The number of rotatable bonds is 3. The maximum absolute atomic E-state index is 5.91. The second kappa shape index (κ2) is 6.46. The number of benzene rings is 1. The molecule has 0 saturated carbocycles. The lowest BCUT2D eigenvalue weighted by Crippen LogP contribution is -2.24. The third-order valence-electron chi connectivity index (χ3n) is 1.55. The van der Waals surface area contributed by atoms with Gasteiger partial charge in [0.15, 0.2) is 0 Å². The van der Waals surface area contributed by atoms with Crippen molar-refractivity contribution in [3.63, 3.8) is 0 Å². The van der Waals surface area contributed by atoms with Gasteiger partial charge < -0.3 is 0 Å². The molecule has 0 fully saturated rings. The van der Waals surface area contributed by atoms with E-state index in [4.69, 9.17) is 29.0 Å². The van der Waals surface area contributed by atoms with Crippen molar-refractivity contribution in [3.8, 4) is 0 Å². The van der Waals surface area contributed by atoms with Crippen LogP contribution in [0.15, 0.2) is 18.2 Å². The number of nitrogens with one attached hydrogen (secondary N) is 1. The van der Waals surface area contributed by atoms with Gasteiger partial charge in [-0.25, -0.2) is 0 Å². The van der Waals surface area contributed by atoms with Crippen LogP contribution in [0, 0.1) is 0 Å². The zero-order valence-corrected chi connectivity index (χ0v) is 9.22. The van der Waals surface area contributed by atoms with Crippen LogP contribution < -0.4 is 11.3 Å². The fraction of sp³-hybridized carbons (Fsp3) is 0.250. The molecule has 0 atom stereocenters. The van der Waals surface area contributed by atoms with Crippen LogP contribution in [0.25, 0.3) is 0 Å². The average Bonchev–Trinajstić information content (AvgIpc) is 2.03. The normalized spacial score (nSPS) is 9.46. The summed E-state index contributed by atoms with van der Waals surface area (Å²) in [6, 6.07) is 5.45. The molecule has 1 aromatic rings. The van der Waals surface area contributed by atoms with E-state index in [1.165, 1.54) is 0 Å². The Balaban J connectivity index is 0.00000144. The van der Waals surface area contributed by atoms with E-state index in [0.717, 1.165) is 12.0 Å². The number of hydrogen-bond donors (Lipinski definition) is 2. The van der Waals surface area contributed by atoms with Gasteiger partial charge in [0.2, 0.25) is 0 Å². The summed E-state index contributed by atoms with van der Waals surface area (Å²) in [7, 11) is 0. The molecule has 2 nitrogen and oxygen atoms in total. The van der Waals surface area contributed by atoms with Gasteiger partial charge in [0.25, 0.3) is 0 Å². The predicted octanol–water partition coefficient (Wildman–Crippen LogP) is 2.42. The summed E-state index contributed by atoms with van der Waals surface area (Å²) in [6.45, 7) is 0.710. The highest BCUT2D eigenvalue weighted by atomic mass is 35.5. The van der Waals surface area contributed by atoms with E-state index >= 15 is 0 Å². The van der Waals surface area contributed by atoms with Crippen molar-refractivity contribution >= 4 is 35.6 Å².